The highest BCUT2D eigenvalue weighted by Crippen LogP contribution is 2.27. The van der Waals surface area contributed by atoms with E-state index in [0.717, 1.165) is 16.4 Å². The number of carbonyl (C=O) groups excluding carboxylic acids is 2. The van der Waals surface area contributed by atoms with Gasteiger partial charge in [0.2, 0.25) is 15.9 Å². The third kappa shape index (κ3) is 4.63. The molecule has 1 aliphatic rings. The number of benzene rings is 2. The van der Waals surface area contributed by atoms with Crippen LogP contribution in [-0.4, -0.2) is 43.8 Å². The minimum absolute atomic E-state index is 0.0580. The standard InChI is InChI=1S/C20H21FN2O5S/c1-2-28-20(25)14-5-9-16(10-6-14)22-19(24)18-4-3-13-23(18)29(26,27)17-11-7-15(21)8-12-17/h5-12,18H,2-4,13H2,1H3,(H,22,24). The van der Waals surface area contributed by atoms with Crippen LogP contribution < -0.4 is 5.32 Å². The van der Waals surface area contributed by atoms with Crippen LogP contribution in [-0.2, 0) is 19.6 Å². The van der Waals surface area contributed by atoms with Crippen LogP contribution in [0.3, 0.4) is 0 Å². The van der Waals surface area contributed by atoms with Crippen molar-refractivity contribution in [2.45, 2.75) is 30.7 Å². The lowest BCUT2D eigenvalue weighted by Crippen LogP contribution is -2.43. The van der Waals surface area contributed by atoms with E-state index < -0.39 is 33.8 Å². The van der Waals surface area contributed by atoms with Crippen LogP contribution in [0.5, 0.6) is 0 Å². The van der Waals surface area contributed by atoms with Gasteiger partial charge in [-0.1, -0.05) is 0 Å². The van der Waals surface area contributed by atoms with Gasteiger partial charge in [0, 0.05) is 12.2 Å². The number of amides is 1. The van der Waals surface area contributed by atoms with Crippen LogP contribution >= 0.6 is 0 Å². The van der Waals surface area contributed by atoms with E-state index in [0.29, 0.717) is 24.1 Å². The van der Waals surface area contributed by atoms with E-state index in [-0.39, 0.29) is 18.0 Å². The van der Waals surface area contributed by atoms with Gasteiger partial charge in [0.05, 0.1) is 17.1 Å². The SMILES string of the molecule is CCOC(=O)c1ccc(NC(=O)C2CCCN2S(=O)(=O)c2ccc(F)cc2)cc1. The average Bonchev–Trinajstić information content (AvgIpc) is 3.20. The van der Waals surface area contributed by atoms with Crippen molar-refractivity contribution < 1.29 is 27.1 Å². The number of sulfonamides is 1. The second-order valence-electron chi connectivity index (χ2n) is 6.51. The normalized spacial score (nSPS) is 17.1. The molecule has 0 radical (unpaired) electrons. The predicted octanol–water partition coefficient (Wildman–Crippen LogP) is 2.79. The molecule has 3 rings (SSSR count). The monoisotopic (exact) mass is 420 g/mol. The molecule has 0 spiro atoms. The second kappa shape index (κ2) is 8.71. The Balaban J connectivity index is 1.73. The molecule has 1 heterocycles. The maximum absolute atomic E-state index is 13.1. The van der Waals surface area contributed by atoms with Crippen molar-refractivity contribution in [3.05, 3.63) is 59.9 Å². The van der Waals surface area contributed by atoms with Gasteiger partial charge in [0.1, 0.15) is 11.9 Å². The number of nitrogens with zero attached hydrogens (tertiary/aromatic N) is 1. The van der Waals surface area contributed by atoms with Crippen molar-refractivity contribution in [2.75, 3.05) is 18.5 Å². The topological polar surface area (TPSA) is 92.8 Å². The predicted molar refractivity (Wildman–Crippen MR) is 104 cm³/mol. The molecule has 9 heteroatoms. The molecule has 29 heavy (non-hydrogen) atoms. The van der Waals surface area contributed by atoms with Gasteiger partial charge in [-0.05, 0) is 68.3 Å². The molecule has 1 unspecified atom stereocenters. The van der Waals surface area contributed by atoms with Crippen molar-refractivity contribution in [2.24, 2.45) is 0 Å². The van der Waals surface area contributed by atoms with Gasteiger partial charge in [-0.15, -0.1) is 0 Å². The zero-order valence-electron chi connectivity index (χ0n) is 15.8. The summed E-state index contributed by atoms with van der Waals surface area (Å²) in [5.41, 5.74) is 0.792. The maximum atomic E-state index is 13.1. The number of carbonyl (C=O) groups is 2. The smallest absolute Gasteiger partial charge is 0.338 e. The second-order valence-corrected chi connectivity index (χ2v) is 8.41. The van der Waals surface area contributed by atoms with Crippen LogP contribution in [0.25, 0.3) is 0 Å². The number of esters is 1. The van der Waals surface area contributed by atoms with E-state index in [1.165, 1.54) is 24.3 Å². The lowest BCUT2D eigenvalue weighted by molar-refractivity contribution is -0.119. The third-order valence-corrected chi connectivity index (χ3v) is 6.51. The highest BCUT2D eigenvalue weighted by atomic mass is 32.2. The first-order chi connectivity index (χ1) is 13.8. The summed E-state index contributed by atoms with van der Waals surface area (Å²) in [6, 6.07) is 9.81. The Morgan fingerprint density at radius 2 is 1.79 bits per heavy atom. The lowest BCUT2D eigenvalue weighted by Gasteiger charge is -2.23. The van der Waals surface area contributed by atoms with E-state index in [1.807, 2.05) is 0 Å². The summed E-state index contributed by atoms with van der Waals surface area (Å²) in [5, 5.41) is 2.69. The zero-order valence-corrected chi connectivity index (χ0v) is 16.6. The molecular formula is C20H21FN2O5S. The highest BCUT2D eigenvalue weighted by molar-refractivity contribution is 7.89. The van der Waals surface area contributed by atoms with E-state index in [9.17, 15) is 22.4 Å². The minimum atomic E-state index is -3.92. The van der Waals surface area contributed by atoms with E-state index in [2.05, 4.69) is 5.32 Å². The largest absolute Gasteiger partial charge is 0.462 e. The van der Waals surface area contributed by atoms with Gasteiger partial charge >= 0.3 is 5.97 Å². The van der Waals surface area contributed by atoms with Gasteiger partial charge in [-0.3, -0.25) is 4.79 Å². The summed E-state index contributed by atoms with van der Waals surface area (Å²) in [5.74, 6) is -1.46. The molecule has 7 nitrogen and oxygen atoms in total. The number of hydrogen-bond acceptors (Lipinski definition) is 5. The summed E-state index contributed by atoms with van der Waals surface area (Å²) in [6.45, 7) is 2.18. The first kappa shape index (κ1) is 20.9. The van der Waals surface area contributed by atoms with Crippen LogP contribution in [0.2, 0.25) is 0 Å². The Kier molecular flexibility index (Phi) is 6.29. The maximum Gasteiger partial charge on any atom is 0.338 e. The quantitative estimate of drug-likeness (QED) is 0.726. The molecule has 0 bridgehead atoms. The lowest BCUT2D eigenvalue weighted by atomic mass is 10.2. The summed E-state index contributed by atoms with van der Waals surface area (Å²) < 4.78 is 44.9. The van der Waals surface area contributed by atoms with Crippen LogP contribution in [0.4, 0.5) is 10.1 Å². The molecule has 0 aliphatic carbocycles. The zero-order chi connectivity index (χ0) is 21.0. The molecule has 2 aromatic carbocycles. The van der Waals surface area contributed by atoms with E-state index >= 15 is 0 Å². The number of hydrogen-bond donors (Lipinski definition) is 1. The molecule has 1 atom stereocenters. The summed E-state index contributed by atoms with van der Waals surface area (Å²) in [4.78, 5) is 24.3. The number of anilines is 1. The molecule has 0 saturated carbocycles. The van der Waals surface area contributed by atoms with Gasteiger partial charge in [0.15, 0.2) is 0 Å². The van der Waals surface area contributed by atoms with Crippen molar-refractivity contribution in [3.8, 4) is 0 Å². The Bertz CT molecular complexity index is 991. The molecular weight excluding hydrogens is 399 g/mol. The fourth-order valence-electron chi connectivity index (χ4n) is 3.16. The van der Waals surface area contributed by atoms with Crippen molar-refractivity contribution in [1.82, 2.24) is 4.31 Å². The molecule has 1 amide bonds. The van der Waals surface area contributed by atoms with E-state index in [1.54, 1.807) is 19.1 Å². The van der Waals surface area contributed by atoms with Crippen molar-refractivity contribution >= 4 is 27.6 Å². The Morgan fingerprint density at radius 3 is 2.41 bits per heavy atom. The highest BCUT2D eigenvalue weighted by Gasteiger charge is 2.39. The Labute approximate surface area is 168 Å². The first-order valence-electron chi connectivity index (χ1n) is 9.18. The molecule has 1 N–H and O–H groups in total. The molecule has 2 aromatic rings. The van der Waals surface area contributed by atoms with E-state index in [4.69, 9.17) is 4.74 Å². The first-order valence-corrected chi connectivity index (χ1v) is 10.6. The molecule has 0 aromatic heterocycles. The van der Waals surface area contributed by atoms with Gasteiger partial charge in [-0.2, -0.15) is 4.31 Å². The number of halogens is 1. The van der Waals surface area contributed by atoms with Crippen LogP contribution in [0, 0.1) is 5.82 Å². The van der Waals surface area contributed by atoms with Crippen LogP contribution in [0.1, 0.15) is 30.1 Å². The molecule has 154 valence electrons. The fourth-order valence-corrected chi connectivity index (χ4v) is 4.82. The summed E-state index contributed by atoms with van der Waals surface area (Å²) in [7, 11) is -3.92. The minimum Gasteiger partial charge on any atom is -0.462 e. The number of nitrogens with one attached hydrogen (secondary N) is 1. The van der Waals surface area contributed by atoms with Crippen LogP contribution in [0.15, 0.2) is 53.4 Å². The van der Waals surface area contributed by atoms with Gasteiger partial charge in [-0.25, -0.2) is 17.6 Å². The molecule has 1 aliphatic heterocycles. The van der Waals surface area contributed by atoms with Gasteiger partial charge in [0.25, 0.3) is 0 Å². The summed E-state index contributed by atoms with van der Waals surface area (Å²) in [6.07, 6.45) is 0.924. The average molecular weight is 420 g/mol. The number of ether oxygens (including phenoxy) is 1. The molecule has 1 saturated heterocycles. The number of rotatable bonds is 6. The Hall–Kier alpha value is -2.78. The van der Waals surface area contributed by atoms with Gasteiger partial charge < -0.3 is 10.1 Å². The Morgan fingerprint density at radius 1 is 1.14 bits per heavy atom. The molecule has 1 fully saturated rings. The summed E-state index contributed by atoms with van der Waals surface area (Å²) >= 11 is 0. The van der Waals surface area contributed by atoms with Crippen molar-refractivity contribution in [3.63, 3.8) is 0 Å². The third-order valence-electron chi connectivity index (χ3n) is 4.59. The fraction of sp³-hybridized carbons (Fsp3) is 0.300. The van der Waals surface area contributed by atoms with Crippen molar-refractivity contribution in [1.29, 1.82) is 0 Å².